The lowest BCUT2D eigenvalue weighted by atomic mass is 10.2. The van der Waals surface area contributed by atoms with E-state index in [1.165, 1.54) is 5.56 Å². The van der Waals surface area contributed by atoms with E-state index in [1.54, 1.807) is 0 Å². The molecule has 1 amide bonds. The summed E-state index contributed by atoms with van der Waals surface area (Å²) in [4.78, 5) is 14.2. The number of carbonyl (C=O) groups is 1. The van der Waals surface area contributed by atoms with Crippen LogP contribution in [-0.2, 0) is 11.3 Å². The van der Waals surface area contributed by atoms with E-state index < -0.39 is 0 Å². The molecule has 92 valence electrons. The van der Waals surface area contributed by atoms with Crippen molar-refractivity contribution >= 4 is 17.3 Å². The highest BCUT2D eigenvalue weighted by molar-refractivity contribution is 5.96. The first-order valence-electron chi connectivity index (χ1n) is 5.73. The Bertz CT molecular complexity index is 564. The molecule has 0 spiro atoms. The van der Waals surface area contributed by atoms with Crippen LogP contribution in [0.3, 0.4) is 0 Å². The third kappa shape index (κ3) is 2.15. The average molecular weight is 243 g/mol. The van der Waals surface area contributed by atoms with Gasteiger partial charge in [0.2, 0.25) is 0 Å². The second-order valence-corrected chi connectivity index (χ2v) is 4.12. The minimum Gasteiger partial charge on any atom is -0.482 e. The first kappa shape index (κ1) is 10.7. The summed E-state index contributed by atoms with van der Waals surface area (Å²) in [5, 5.41) is 6.07. The number of aromatic nitrogens is 1. The summed E-state index contributed by atoms with van der Waals surface area (Å²) in [6, 6.07) is 7.67. The van der Waals surface area contributed by atoms with Crippen molar-refractivity contribution in [1.29, 1.82) is 0 Å². The molecule has 0 aliphatic carbocycles. The van der Waals surface area contributed by atoms with Crippen LogP contribution in [0.2, 0.25) is 0 Å². The number of hydrogen-bond donors (Lipinski definition) is 3. The molecule has 18 heavy (non-hydrogen) atoms. The van der Waals surface area contributed by atoms with Crippen molar-refractivity contribution in [3.63, 3.8) is 0 Å². The normalized spacial score (nSPS) is 13.4. The van der Waals surface area contributed by atoms with Gasteiger partial charge in [0.1, 0.15) is 5.75 Å². The van der Waals surface area contributed by atoms with E-state index in [4.69, 9.17) is 4.74 Å². The van der Waals surface area contributed by atoms with Gasteiger partial charge in [-0.3, -0.25) is 4.79 Å². The first-order chi connectivity index (χ1) is 8.81. The molecule has 0 fully saturated rings. The highest BCUT2D eigenvalue weighted by Gasteiger charge is 2.15. The fourth-order valence-corrected chi connectivity index (χ4v) is 1.87. The van der Waals surface area contributed by atoms with Gasteiger partial charge in [0.05, 0.1) is 5.69 Å². The number of anilines is 2. The zero-order valence-electron chi connectivity index (χ0n) is 9.69. The van der Waals surface area contributed by atoms with Crippen LogP contribution >= 0.6 is 0 Å². The molecule has 2 heterocycles. The predicted molar refractivity (Wildman–Crippen MR) is 68.7 cm³/mol. The number of carbonyl (C=O) groups excluding carboxylic acids is 1. The Morgan fingerprint density at radius 1 is 1.33 bits per heavy atom. The highest BCUT2D eigenvalue weighted by Crippen LogP contribution is 2.30. The van der Waals surface area contributed by atoms with Crippen LogP contribution in [-0.4, -0.2) is 17.5 Å². The van der Waals surface area contributed by atoms with Gasteiger partial charge in [-0.2, -0.15) is 0 Å². The van der Waals surface area contributed by atoms with E-state index in [1.807, 2.05) is 36.7 Å². The minimum atomic E-state index is -0.120. The van der Waals surface area contributed by atoms with Crippen molar-refractivity contribution in [2.24, 2.45) is 0 Å². The van der Waals surface area contributed by atoms with Crippen LogP contribution < -0.4 is 15.4 Å². The summed E-state index contributed by atoms with van der Waals surface area (Å²) < 4.78 is 5.30. The van der Waals surface area contributed by atoms with Crippen molar-refractivity contribution in [3.8, 4) is 5.75 Å². The number of H-pyrrole nitrogens is 1. The number of amides is 1. The Kier molecular flexibility index (Phi) is 2.64. The van der Waals surface area contributed by atoms with Gasteiger partial charge in [0, 0.05) is 24.6 Å². The molecular weight excluding hydrogens is 230 g/mol. The monoisotopic (exact) mass is 243 g/mol. The lowest BCUT2D eigenvalue weighted by molar-refractivity contribution is -0.118. The lowest BCUT2D eigenvalue weighted by Gasteiger charge is -2.18. The highest BCUT2D eigenvalue weighted by atomic mass is 16.5. The Morgan fingerprint density at radius 3 is 3.11 bits per heavy atom. The Hall–Kier alpha value is -2.43. The summed E-state index contributed by atoms with van der Waals surface area (Å²) in [7, 11) is 0. The lowest BCUT2D eigenvalue weighted by Crippen LogP contribution is -2.25. The molecule has 1 aromatic heterocycles. The molecule has 5 nitrogen and oxygen atoms in total. The summed E-state index contributed by atoms with van der Waals surface area (Å²) in [5.74, 6) is 0.590. The van der Waals surface area contributed by atoms with Crippen LogP contribution in [0.5, 0.6) is 5.75 Å². The number of ether oxygens (including phenoxy) is 1. The molecule has 3 rings (SSSR count). The largest absolute Gasteiger partial charge is 0.482 e. The summed E-state index contributed by atoms with van der Waals surface area (Å²) in [6.07, 6.45) is 3.83. The van der Waals surface area contributed by atoms with E-state index in [-0.39, 0.29) is 12.5 Å². The molecule has 1 aliphatic heterocycles. The molecule has 0 bridgehead atoms. The Labute approximate surface area is 104 Å². The zero-order valence-corrected chi connectivity index (χ0v) is 9.69. The second kappa shape index (κ2) is 4.44. The molecule has 0 unspecified atom stereocenters. The number of fused-ring (bicyclic) bond motifs is 1. The van der Waals surface area contributed by atoms with Crippen LogP contribution in [0.4, 0.5) is 11.4 Å². The van der Waals surface area contributed by atoms with Gasteiger partial charge in [-0.25, -0.2) is 0 Å². The maximum absolute atomic E-state index is 11.2. The number of nitrogens with one attached hydrogen (secondary N) is 3. The Balaban J connectivity index is 1.73. The molecule has 0 radical (unpaired) electrons. The quantitative estimate of drug-likeness (QED) is 0.772. The zero-order chi connectivity index (χ0) is 12.4. The molecular formula is C13H13N3O2. The standard InChI is InChI=1S/C13H13N3O2/c17-13-8-18-12-2-1-10(5-11(12)16-13)15-7-9-3-4-14-6-9/h1-6,14-15H,7-8H2,(H,16,17). The molecule has 0 saturated heterocycles. The maximum atomic E-state index is 11.2. The van der Waals surface area contributed by atoms with E-state index in [9.17, 15) is 4.79 Å². The Morgan fingerprint density at radius 2 is 2.28 bits per heavy atom. The van der Waals surface area contributed by atoms with Gasteiger partial charge >= 0.3 is 0 Å². The van der Waals surface area contributed by atoms with Gasteiger partial charge in [0.25, 0.3) is 5.91 Å². The number of rotatable bonds is 3. The van der Waals surface area contributed by atoms with Crippen LogP contribution in [0.15, 0.2) is 36.7 Å². The van der Waals surface area contributed by atoms with Gasteiger partial charge in [-0.05, 0) is 29.8 Å². The van der Waals surface area contributed by atoms with E-state index >= 15 is 0 Å². The molecule has 3 N–H and O–H groups in total. The molecule has 2 aromatic rings. The third-order valence-electron chi connectivity index (χ3n) is 2.77. The van der Waals surface area contributed by atoms with Crippen molar-refractivity contribution in [2.45, 2.75) is 6.54 Å². The summed E-state index contributed by atoms with van der Waals surface area (Å²) in [5.41, 5.74) is 2.83. The summed E-state index contributed by atoms with van der Waals surface area (Å²) in [6.45, 7) is 0.820. The molecule has 1 aliphatic rings. The molecule has 0 atom stereocenters. The second-order valence-electron chi connectivity index (χ2n) is 4.12. The molecule has 0 saturated carbocycles. The molecule has 1 aromatic carbocycles. The third-order valence-corrected chi connectivity index (χ3v) is 2.77. The SMILES string of the molecule is O=C1COc2ccc(NCc3cc[nH]c3)cc2N1. The van der Waals surface area contributed by atoms with Crippen LogP contribution in [0.25, 0.3) is 0 Å². The van der Waals surface area contributed by atoms with Gasteiger partial charge in [-0.15, -0.1) is 0 Å². The van der Waals surface area contributed by atoms with Crippen molar-refractivity contribution in [3.05, 3.63) is 42.2 Å². The number of hydrogen-bond acceptors (Lipinski definition) is 3. The minimum absolute atomic E-state index is 0.0864. The van der Waals surface area contributed by atoms with E-state index in [0.29, 0.717) is 11.4 Å². The number of benzene rings is 1. The van der Waals surface area contributed by atoms with E-state index in [2.05, 4.69) is 15.6 Å². The van der Waals surface area contributed by atoms with Gasteiger partial charge < -0.3 is 20.4 Å². The number of aromatic amines is 1. The smallest absolute Gasteiger partial charge is 0.262 e. The van der Waals surface area contributed by atoms with Gasteiger partial charge in [-0.1, -0.05) is 0 Å². The fourth-order valence-electron chi connectivity index (χ4n) is 1.87. The predicted octanol–water partition coefficient (Wildman–Crippen LogP) is 1.96. The van der Waals surface area contributed by atoms with Crippen LogP contribution in [0, 0.1) is 0 Å². The fraction of sp³-hybridized carbons (Fsp3) is 0.154. The topological polar surface area (TPSA) is 66.1 Å². The molecule has 5 heteroatoms. The summed E-state index contributed by atoms with van der Waals surface area (Å²) >= 11 is 0. The van der Waals surface area contributed by atoms with E-state index in [0.717, 1.165) is 12.2 Å². The van der Waals surface area contributed by atoms with Gasteiger partial charge in [0.15, 0.2) is 6.61 Å². The average Bonchev–Trinajstić information content (AvgIpc) is 2.89. The van der Waals surface area contributed by atoms with Crippen LogP contribution in [0.1, 0.15) is 5.56 Å². The first-order valence-corrected chi connectivity index (χ1v) is 5.73. The maximum Gasteiger partial charge on any atom is 0.262 e. The van der Waals surface area contributed by atoms with Crippen molar-refractivity contribution < 1.29 is 9.53 Å². The van der Waals surface area contributed by atoms with Crippen molar-refractivity contribution in [2.75, 3.05) is 17.2 Å². The van der Waals surface area contributed by atoms with Crippen molar-refractivity contribution in [1.82, 2.24) is 4.98 Å².